The maximum absolute atomic E-state index is 13.9. The fraction of sp³-hybridized carbons (Fsp3) is 0.214. The summed E-state index contributed by atoms with van der Waals surface area (Å²) in [5.41, 5.74) is 5.76. The molecule has 0 fully saturated rings. The van der Waals surface area contributed by atoms with Gasteiger partial charge in [-0.25, -0.2) is 0 Å². The second kappa shape index (κ2) is 10.3. The Morgan fingerprint density at radius 3 is 2.59 bits per heavy atom. The molecular formula is C28H27BrN2O3. The van der Waals surface area contributed by atoms with Crippen molar-refractivity contribution in [1.82, 2.24) is 4.98 Å². The first-order valence-corrected chi connectivity index (χ1v) is 12.1. The van der Waals surface area contributed by atoms with Gasteiger partial charge in [-0.3, -0.25) is 9.78 Å². The number of nitrogens with zero attached hydrogens (tertiary/aromatic N) is 2. The summed E-state index contributed by atoms with van der Waals surface area (Å²) in [5, 5.41) is 0.673. The number of anilines is 1. The van der Waals surface area contributed by atoms with Crippen LogP contribution in [0.2, 0.25) is 0 Å². The normalized spacial score (nSPS) is 14.4. The maximum atomic E-state index is 13.9. The number of fused-ring (bicyclic) bond motifs is 1. The van der Waals surface area contributed by atoms with Crippen LogP contribution < -0.4 is 14.4 Å². The van der Waals surface area contributed by atoms with Gasteiger partial charge in [0.2, 0.25) is 0 Å². The number of allylic oxidation sites excluding steroid dienone is 1. The number of carbonyl (C=O) groups excluding carboxylic acids is 1. The van der Waals surface area contributed by atoms with E-state index in [-0.39, 0.29) is 18.6 Å². The molecule has 2 heterocycles. The molecule has 1 amide bonds. The van der Waals surface area contributed by atoms with Crippen molar-refractivity contribution in [3.8, 4) is 11.5 Å². The van der Waals surface area contributed by atoms with Crippen LogP contribution in [-0.2, 0) is 18.4 Å². The average Bonchev–Trinajstić information content (AvgIpc) is 3.25. The Hall–Kier alpha value is -3.38. The molecule has 174 valence electrons. The number of hydrogen-bond acceptors (Lipinski definition) is 4. The minimum Gasteiger partial charge on any atom is -0.493 e. The summed E-state index contributed by atoms with van der Waals surface area (Å²) >= 11 is 3.43. The van der Waals surface area contributed by atoms with Crippen LogP contribution in [-0.4, -0.2) is 24.0 Å². The molecular weight excluding hydrogens is 492 g/mol. The van der Waals surface area contributed by atoms with E-state index in [1.165, 1.54) is 0 Å². The zero-order valence-corrected chi connectivity index (χ0v) is 21.0. The van der Waals surface area contributed by atoms with Gasteiger partial charge in [-0.05, 0) is 54.8 Å². The monoisotopic (exact) mass is 518 g/mol. The molecule has 34 heavy (non-hydrogen) atoms. The summed E-state index contributed by atoms with van der Waals surface area (Å²) in [6.07, 6.45) is 2.56. The van der Waals surface area contributed by atoms with Crippen LogP contribution >= 0.6 is 15.9 Å². The molecule has 1 aliphatic rings. The number of hydrogen-bond donors (Lipinski definition) is 0. The largest absolute Gasteiger partial charge is 0.493 e. The SMILES string of the molecule is C=C[C@@H]1Cc2ccccc2N1C(=O)c1cc(OC)c(OCc2cccc(CBr)n2)cc1C(=C)C. The fourth-order valence-electron chi connectivity index (χ4n) is 4.19. The Kier molecular flexibility index (Phi) is 7.17. The van der Waals surface area contributed by atoms with Crippen LogP contribution in [0.15, 0.2) is 73.8 Å². The van der Waals surface area contributed by atoms with E-state index in [0.717, 1.165) is 40.2 Å². The Balaban J connectivity index is 1.70. The van der Waals surface area contributed by atoms with Crippen molar-refractivity contribution in [2.75, 3.05) is 12.0 Å². The summed E-state index contributed by atoms with van der Waals surface area (Å²) in [4.78, 5) is 20.2. The predicted molar refractivity (Wildman–Crippen MR) is 140 cm³/mol. The lowest BCUT2D eigenvalue weighted by Gasteiger charge is -2.25. The fourth-order valence-corrected chi connectivity index (χ4v) is 4.50. The van der Waals surface area contributed by atoms with Gasteiger partial charge in [0.15, 0.2) is 11.5 Å². The topological polar surface area (TPSA) is 51.7 Å². The smallest absolute Gasteiger partial charge is 0.259 e. The molecule has 0 saturated heterocycles. The molecule has 2 aromatic carbocycles. The third-order valence-corrected chi connectivity index (χ3v) is 6.45. The maximum Gasteiger partial charge on any atom is 0.259 e. The molecule has 0 saturated carbocycles. The van der Waals surface area contributed by atoms with Crippen LogP contribution in [0, 0.1) is 0 Å². The number of carbonyl (C=O) groups is 1. The Morgan fingerprint density at radius 2 is 1.88 bits per heavy atom. The van der Waals surface area contributed by atoms with Gasteiger partial charge in [-0.1, -0.05) is 58.4 Å². The van der Waals surface area contributed by atoms with Gasteiger partial charge < -0.3 is 14.4 Å². The molecule has 0 bridgehead atoms. The second-order valence-electron chi connectivity index (χ2n) is 8.18. The van der Waals surface area contributed by atoms with Crippen molar-refractivity contribution in [3.05, 3.63) is 102 Å². The molecule has 1 aromatic heterocycles. The lowest BCUT2D eigenvalue weighted by molar-refractivity contribution is 0.0983. The molecule has 0 unspecified atom stereocenters. The number of para-hydroxylation sites is 1. The lowest BCUT2D eigenvalue weighted by Crippen LogP contribution is -2.36. The Bertz CT molecular complexity index is 1250. The number of methoxy groups -OCH3 is 1. The number of ether oxygens (including phenoxy) is 2. The van der Waals surface area contributed by atoms with Crippen molar-refractivity contribution in [3.63, 3.8) is 0 Å². The second-order valence-corrected chi connectivity index (χ2v) is 8.74. The molecule has 0 radical (unpaired) electrons. The first-order valence-electron chi connectivity index (χ1n) is 11.0. The summed E-state index contributed by atoms with van der Waals surface area (Å²) < 4.78 is 11.7. The summed E-state index contributed by atoms with van der Waals surface area (Å²) in [5.74, 6) is 0.891. The van der Waals surface area contributed by atoms with Crippen LogP contribution in [0.5, 0.6) is 11.5 Å². The van der Waals surface area contributed by atoms with Gasteiger partial charge >= 0.3 is 0 Å². The highest BCUT2D eigenvalue weighted by Gasteiger charge is 2.34. The van der Waals surface area contributed by atoms with E-state index < -0.39 is 0 Å². The van der Waals surface area contributed by atoms with Crippen LogP contribution in [0.4, 0.5) is 5.69 Å². The van der Waals surface area contributed by atoms with Gasteiger partial charge in [-0.2, -0.15) is 0 Å². The highest BCUT2D eigenvalue weighted by molar-refractivity contribution is 9.08. The molecule has 0 spiro atoms. The molecule has 6 heteroatoms. The van der Waals surface area contributed by atoms with Gasteiger partial charge in [0.1, 0.15) is 6.61 Å². The number of rotatable bonds is 8. The van der Waals surface area contributed by atoms with E-state index in [4.69, 9.17) is 9.47 Å². The first kappa shape index (κ1) is 23.8. The molecule has 5 nitrogen and oxygen atoms in total. The molecule has 0 aliphatic carbocycles. The van der Waals surface area contributed by atoms with Gasteiger partial charge in [0.05, 0.1) is 30.1 Å². The third-order valence-electron chi connectivity index (χ3n) is 5.87. The highest BCUT2D eigenvalue weighted by atomic mass is 79.9. The molecule has 1 aliphatic heterocycles. The van der Waals surface area contributed by atoms with Crippen LogP contribution in [0.25, 0.3) is 5.57 Å². The number of pyridine rings is 1. The third kappa shape index (κ3) is 4.64. The number of alkyl halides is 1. The zero-order valence-electron chi connectivity index (χ0n) is 19.4. The number of amides is 1. The van der Waals surface area contributed by atoms with Crippen molar-refractivity contribution < 1.29 is 14.3 Å². The van der Waals surface area contributed by atoms with Crippen molar-refractivity contribution in [2.45, 2.75) is 31.3 Å². The van der Waals surface area contributed by atoms with Crippen LogP contribution in [0.3, 0.4) is 0 Å². The predicted octanol–water partition coefficient (Wildman–Crippen LogP) is 6.35. The van der Waals surface area contributed by atoms with E-state index in [1.807, 2.05) is 55.5 Å². The van der Waals surface area contributed by atoms with Crippen molar-refractivity contribution >= 4 is 33.1 Å². The first-order chi connectivity index (χ1) is 16.5. The molecule has 0 N–H and O–H groups in total. The van der Waals surface area contributed by atoms with Crippen LogP contribution in [0.1, 0.15) is 39.8 Å². The van der Waals surface area contributed by atoms with E-state index in [0.29, 0.717) is 22.4 Å². The Morgan fingerprint density at radius 1 is 1.15 bits per heavy atom. The van der Waals surface area contributed by atoms with Gasteiger partial charge in [0.25, 0.3) is 5.91 Å². The van der Waals surface area contributed by atoms with Gasteiger partial charge in [0, 0.05) is 11.0 Å². The van der Waals surface area contributed by atoms with E-state index in [2.05, 4.69) is 40.1 Å². The molecule has 3 aromatic rings. The number of aromatic nitrogens is 1. The Labute approximate surface area is 208 Å². The number of halogens is 1. The standard InChI is InChI=1S/C28H27BrN2O3/c1-5-22-13-19-9-6-7-12-25(19)31(22)28(32)24-15-26(33-4)27(14-23(24)18(2)3)34-17-21-11-8-10-20(16-29)30-21/h5-12,14-15,22H,1-2,13,16-17H2,3-4H3/t22-/m1/s1. The summed E-state index contributed by atoms with van der Waals surface area (Å²) in [6, 6.07) is 17.2. The summed E-state index contributed by atoms with van der Waals surface area (Å²) in [6.45, 7) is 10.2. The van der Waals surface area contributed by atoms with Gasteiger partial charge in [-0.15, -0.1) is 6.58 Å². The molecule has 4 rings (SSSR count). The van der Waals surface area contributed by atoms with Crippen molar-refractivity contribution in [2.24, 2.45) is 0 Å². The van der Waals surface area contributed by atoms with Crippen molar-refractivity contribution in [1.29, 1.82) is 0 Å². The minimum atomic E-state index is -0.121. The van der Waals surface area contributed by atoms with E-state index >= 15 is 0 Å². The van der Waals surface area contributed by atoms with E-state index in [1.54, 1.807) is 18.1 Å². The summed E-state index contributed by atoms with van der Waals surface area (Å²) in [7, 11) is 1.57. The average molecular weight is 519 g/mol. The highest BCUT2D eigenvalue weighted by Crippen LogP contribution is 2.38. The van der Waals surface area contributed by atoms with E-state index in [9.17, 15) is 4.79 Å². The minimum absolute atomic E-state index is 0.113. The quantitative estimate of drug-likeness (QED) is 0.257. The number of benzene rings is 2. The molecule has 1 atom stereocenters. The lowest BCUT2D eigenvalue weighted by atomic mass is 9.99. The zero-order chi connectivity index (χ0) is 24.2.